The first-order valence-electron chi connectivity index (χ1n) is 4.42. The molecule has 1 aromatic carbocycles. The summed E-state index contributed by atoms with van der Waals surface area (Å²) in [5.74, 6) is 0.569. The van der Waals surface area contributed by atoms with E-state index < -0.39 is 9.84 Å². The Hall–Kier alpha value is -0.880. The molecule has 0 aromatic heterocycles. The predicted octanol–water partition coefficient (Wildman–Crippen LogP) is 1.13. The molecule has 0 spiro atoms. The number of fused-ring (bicyclic) bond motifs is 1. The van der Waals surface area contributed by atoms with Gasteiger partial charge in [0.2, 0.25) is 0 Å². The van der Waals surface area contributed by atoms with Crippen molar-refractivity contribution in [3.05, 3.63) is 18.2 Å². The first kappa shape index (κ1) is 10.6. The minimum atomic E-state index is -3.18. The topological polar surface area (TPSA) is 46.6 Å². The van der Waals surface area contributed by atoms with Gasteiger partial charge in [0.1, 0.15) is 12.4 Å². The predicted molar refractivity (Wildman–Crippen MR) is 61.4 cm³/mol. The van der Waals surface area contributed by atoms with Crippen molar-refractivity contribution in [1.82, 2.24) is 0 Å². The largest absolute Gasteiger partial charge is 0.489 e. The molecule has 0 atom stereocenters. The summed E-state index contributed by atoms with van der Waals surface area (Å²) >= 11 is 4.25. The van der Waals surface area contributed by atoms with Gasteiger partial charge < -0.3 is 9.04 Å². The standard InChI is InChI=1S/C9H11NO3S2/c1-15(11,12)7-2-3-8-9(6-7)13-5-4-10(8)14/h2-3,6,14H,4-5H2,1H3. The molecule has 0 fully saturated rings. The molecule has 0 radical (unpaired) electrons. The number of ether oxygens (including phenoxy) is 1. The molecular weight excluding hydrogens is 234 g/mol. The van der Waals surface area contributed by atoms with Crippen molar-refractivity contribution in [2.24, 2.45) is 0 Å². The molecule has 0 unspecified atom stereocenters. The van der Waals surface area contributed by atoms with Crippen LogP contribution < -0.4 is 9.04 Å². The van der Waals surface area contributed by atoms with Gasteiger partial charge in [-0.3, -0.25) is 0 Å². The molecule has 2 rings (SSSR count). The molecule has 0 aliphatic carbocycles. The average molecular weight is 245 g/mol. The maximum atomic E-state index is 11.3. The lowest BCUT2D eigenvalue weighted by Gasteiger charge is -2.26. The van der Waals surface area contributed by atoms with Gasteiger partial charge in [0.15, 0.2) is 9.84 Å². The Morgan fingerprint density at radius 2 is 2.20 bits per heavy atom. The lowest BCUT2D eigenvalue weighted by Crippen LogP contribution is -2.24. The van der Waals surface area contributed by atoms with Crippen molar-refractivity contribution >= 4 is 28.3 Å². The summed E-state index contributed by atoms with van der Waals surface area (Å²) in [6.45, 7) is 1.21. The molecule has 0 N–H and O–H groups in total. The molecule has 0 saturated carbocycles. The maximum Gasteiger partial charge on any atom is 0.175 e. The van der Waals surface area contributed by atoms with E-state index in [2.05, 4.69) is 12.8 Å². The molecule has 1 aliphatic rings. The van der Waals surface area contributed by atoms with Crippen LogP contribution in [0, 0.1) is 0 Å². The fourth-order valence-corrected chi connectivity index (χ4v) is 2.30. The zero-order valence-electron chi connectivity index (χ0n) is 8.17. The second-order valence-electron chi connectivity index (χ2n) is 3.37. The number of sulfone groups is 1. The minimum Gasteiger partial charge on any atom is -0.489 e. The van der Waals surface area contributed by atoms with Gasteiger partial charge >= 0.3 is 0 Å². The van der Waals surface area contributed by atoms with Crippen LogP contribution in [0.5, 0.6) is 5.75 Å². The number of benzene rings is 1. The van der Waals surface area contributed by atoms with Gasteiger partial charge in [0.05, 0.1) is 17.1 Å². The van der Waals surface area contributed by atoms with E-state index in [1.807, 2.05) is 0 Å². The van der Waals surface area contributed by atoms with E-state index in [-0.39, 0.29) is 4.90 Å². The molecular formula is C9H11NO3S2. The van der Waals surface area contributed by atoms with Crippen LogP contribution in [0.2, 0.25) is 0 Å². The fraction of sp³-hybridized carbons (Fsp3) is 0.333. The van der Waals surface area contributed by atoms with E-state index in [4.69, 9.17) is 4.74 Å². The van der Waals surface area contributed by atoms with Gasteiger partial charge in [-0.2, -0.15) is 0 Å². The maximum absolute atomic E-state index is 11.3. The van der Waals surface area contributed by atoms with Crippen molar-refractivity contribution < 1.29 is 13.2 Å². The van der Waals surface area contributed by atoms with Crippen molar-refractivity contribution in [2.75, 3.05) is 23.7 Å². The SMILES string of the molecule is CS(=O)(=O)c1ccc2c(c1)OCCN2S. The molecule has 0 bridgehead atoms. The van der Waals surface area contributed by atoms with Crippen molar-refractivity contribution in [3.63, 3.8) is 0 Å². The summed E-state index contributed by atoms with van der Waals surface area (Å²) in [5.41, 5.74) is 0.803. The molecule has 1 aromatic rings. The van der Waals surface area contributed by atoms with Gasteiger partial charge in [-0.15, -0.1) is 0 Å². The van der Waals surface area contributed by atoms with E-state index in [0.717, 1.165) is 5.69 Å². The molecule has 0 amide bonds. The van der Waals surface area contributed by atoms with Crippen molar-refractivity contribution in [1.29, 1.82) is 0 Å². The number of anilines is 1. The highest BCUT2D eigenvalue weighted by Crippen LogP contribution is 2.34. The molecule has 0 saturated heterocycles. The zero-order valence-corrected chi connectivity index (χ0v) is 9.88. The Balaban J connectivity index is 2.51. The number of thiol groups is 1. The lowest BCUT2D eigenvalue weighted by molar-refractivity contribution is 0.317. The fourth-order valence-electron chi connectivity index (χ4n) is 1.42. The number of hydrogen-bond acceptors (Lipinski definition) is 5. The molecule has 1 aliphatic heterocycles. The lowest BCUT2D eigenvalue weighted by atomic mass is 10.2. The minimum absolute atomic E-state index is 0.268. The van der Waals surface area contributed by atoms with Crippen molar-refractivity contribution in [2.45, 2.75) is 4.90 Å². The van der Waals surface area contributed by atoms with Crippen molar-refractivity contribution in [3.8, 4) is 5.75 Å². The number of rotatable bonds is 1. The second kappa shape index (κ2) is 3.61. The van der Waals surface area contributed by atoms with Gasteiger partial charge in [0, 0.05) is 12.3 Å². The Bertz CT molecular complexity index is 484. The van der Waals surface area contributed by atoms with E-state index in [1.165, 1.54) is 12.3 Å². The van der Waals surface area contributed by atoms with Crippen LogP contribution in [0.15, 0.2) is 23.1 Å². The molecule has 82 valence electrons. The second-order valence-corrected chi connectivity index (χ2v) is 5.87. The first-order chi connectivity index (χ1) is 6.98. The van der Waals surface area contributed by atoms with Crippen LogP contribution in [-0.2, 0) is 9.84 Å². The van der Waals surface area contributed by atoms with E-state index in [9.17, 15) is 8.42 Å². The van der Waals surface area contributed by atoms with Crippen LogP contribution in [0.4, 0.5) is 5.69 Å². The highest BCUT2D eigenvalue weighted by Gasteiger charge is 2.18. The van der Waals surface area contributed by atoms with E-state index >= 15 is 0 Å². The van der Waals surface area contributed by atoms with Crippen LogP contribution in [-0.4, -0.2) is 27.8 Å². The first-order valence-corrected chi connectivity index (χ1v) is 6.71. The van der Waals surface area contributed by atoms with Gasteiger partial charge in [0.25, 0.3) is 0 Å². The van der Waals surface area contributed by atoms with E-state index in [1.54, 1.807) is 16.4 Å². The summed E-state index contributed by atoms with van der Waals surface area (Å²) in [5, 5.41) is 0. The highest BCUT2D eigenvalue weighted by atomic mass is 32.2. The van der Waals surface area contributed by atoms with Gasteiger partial charge in [-0.05, 0) is 12.1 Å². The van der Waals surface area contributed by atoms with Gasteiger partial charge in [-0.1, -0.05) is 12.8 Å². The number of nitrogens with zero attached hydrogens (tertiary/aromatic N) is 1. The summed E-state index contributed by atoms with van der Waals surface area (Å²) in [7, 11) is -3.18. The zero-order chi connectivity index (χ0) is 11.1. The molecule has 6 heteroatoms. The van der Waals surface area contributed by atoms with E-state index in [0.29, 0.717) is 18.9 Å². The summed E-state index contributed by atoms with van der Waals surface area (Å²) in [6, 6.07) is 4.80. The van der Waals surface area contributed by atoms with Gasteiger partial charge in [-0.25, -0.2) is 8.42 Å². The molecule has 4 nitrogen and oxygen atoms in total. The molecule has 1 heterocycles. The Morgan fingerprint density at radius 3 is 2.87 bits per heavy atom. The van der Waals surface area contributed by atoms with Crippen LogP contribution >= 0.6 is 12.8 Å². The normalized spacial score (nSPS) is 15.7. The third kappa shape index (κ3) is 2.05. The van der Waals surface area contributed by atoms with Crippen LogP contribution in [0.3, 0.4) is 0 Å². The smallest absolute Gasteiger partial charge is 0.175 e. The van der Waals surface area contributed by atoms with Crippen LogP contribution in [0.25, 0.3) is 0 Å². The monoisotopic (exact) mass is 245 g/mol. The Kier molecular flexibility index (Phi) is 2.56. The summed E-state index contributed by atoms with van der Waals surface area (Å²) in [6.07, 6.45) is 1.18. The third-order valence-electron chi connectivity index (χ3n) is 2.20. The molecule has 15 heavy (non-hydrogen) atoms. The Labute approximate surface area is 94.3 Å². The van der Waals surface area contributed by atoms with Crippen LogP contribution in [0.1, 0.15) is 0 Å². The average Bonchev–Trinajstić information content (AvgIpc) is 2.16. The summed E-state index contributed by atoms with van der Waals surface area (Å²) in [4.78, 5) is 0.268. The number of hydrogen-bond donors (Lipinski definition) is 1. The Morgan fingerprint density at radius 1 is 1.47 bits per heavy atom. The highest BCUT2D eigenvalue weighted by molar-refractivity contribution is 7.90. The quantitative estimate of drug-likeness (QED) is 0.754. The summed E-state index contributed by atoms with van der Waals surface area (Å²) < 4.78 is 29.7. The third-order valence-corrected chi connectivity index (χ3v) is 3.72.